The van der Waals surface area contributed by atoms with E-state index in [2.05, 4.69) is 9.97 Å². The topological polar surface area (TPSA) is 82.8 Å². The predicted molar refractivity (Wildman–Crippen MR) is 92.5 cm³/mol. The second-order valence-corrected chi connectivity index (χ2v) is 5.82. The van der Waals surface area contributed by atoms with Crippen molar-refractivity contribution in [1.82, 2.24) is 9.97 Å². The van der Waals surface area contributed by atoms with Crippen LogP contribution in [0.3, 0.4) is 0 Å². The van der Waals surface area contributed by atoms with Gasteiger partial charge < -0.3 is 9.97 Å². The van der Waals surface area contributed by atoms with Crippen LogP contribution in [0.4, 0.5) is 8.78 Å². The van der Waals surface area contributed by atoms with Crippen molar-refractivity contribution in [2.75, 3.05) is 0 Å². The van der Waals surface area contributed by atoms with Gasteiger partial charge in [0.2, 0.25) is 5.78 Å². The Morgan fingerprint density at radius 1 is 0.692 bits per heavy atom. The first kappa shape index (κ1) is 15.9. The minimum atomic E-state index is -0.829. The standard InChI is InChI=1S/C19H10F2N2O3/c20-11-1-3-15-9(5-11)7-13(18(25)22-15)17(24)14-8-10-6-12(21)2-4-16(10)23-19(14)26/h1-8H,(H,22,25)(H,23,26). The Balaban J connectivity index is 1.92. The highest BCUT2D eigenvalue weighted by Crippen LogP contribution is 2.17. The second kappa shape index (κ2) is 5.73. The Morgan fingerprint density at radius 2 is 1.12 bits per heavy atom. The number of benzene rings is 2. The number of carbonyl (C=O) groups excluding carboxylic acids is 1. The largest absolute Gasteiger partial charge is 0.321 e. The van der Waals surface area contributed by atoms with E-state index in [1.807, 2.05) is 0 Å². The lowest BCUT2D eigenvalue weighted by molar-refractivity contribution is 0.103. The molecule has 0 fully saturated rings. The molecule has 0 amide bonds. The van der Waals surface area contributed by atoms with E-state index in [1.165, 1.54) is 48.5 Å². The highest BCUT2D eigenvalue weighted by atomic mass is 19.1. The van der Waals surface area contributed by atoms with E-state index in [9.17, 15) is 23.2 Å². The highest BCUT2D eigenvalue weighted by Gasteiger charge is 2.18. The number of H-pyrrole nitrogens is 2. The average molecular weight is 352 g/mol. The van der Waals surface area contributed by atoms with Crippen LogP contribution in [0.5, 0.6) is 0 Å². The van der Waals surface area contributed by atoms with Gasteiger partial charge in [-0.1, -0.05) is 0 Å². The summed E-state index contributed by atoms with van der Waals surface area (Å²) in [4.78, 5) is 42.1. The molecular weight excluding hydrogens is 342 g/mol. The van der Waals surface area contributed by atoms with Crippen molar-refractivity contribution < 1.29 is 13.6 Å². The van der Waals surface area contributed by atoms with Gasteiger partial charge in [0.15, 0.2) is 0 Å². The summed E-state index contributed by atoms with van der Waals surface area (Å²) in [6, 6.07) is 9.93. The molecule has 26 heavy (non-hydrogen) atoms. The number of aromatic nitrogens is 2. The fourth-order valence-electron chi connectivity index (χ4n) is 2.84. The monoisotopic (exact) mass is 352 g/mol. The summed E-state index contributed by atoms with van der Waals surface area (Å²) < 4.78 is 26.8. The van der Waals surface area contributed by atoms with Crippen LogP contribution in [0, 0.1) is 11.6 Å². The Morgan fingerprint density at radius 3 is 1.54 bits per heavy atom. The fraction of sp³-hybridized carbons (Fsp3) is 0. The Bertz CT molecular complexity index is 1220. The Labute approximate surface area is 143 Å². The van der Waals surface area contributed by atoms with Crippen LogP contribution in [-0.4, -0.2) is 15.8 Å². The third kappa shape index (κ3) is 2.59. The number of hydrogen-bond donors (Lipinski definition) is 2. The lowest BCUT2D eigenvalue weighted by Crippen LogP contribution is -2.24. The summed E-state index contributed by atoms with van der Waals surface area (Å²) in [5.41, 5.74) is -1.28. The van der Waals surface area contributed by atoms with Crippen LogP contribution in [-0.2, 0) is 0 Å². The molecule has 0 saturated heterocycles. The summed E-state index contributed by atoms with van der Waals surface area (Å²) in [7, 11) is 0. The molecule has 0 bridgehead atoms. The van der Waals surface area contributed by atoms with E-state index in [4.69, 9.17) is 0 Å². The first-order valence-corrected chi connectivity index (χ1v) is 7.62. The summed E-state index contributed by atoms with van der Waals surface area (Å²) >= 11 is 0. The number of pyridine rings is 2. The molecule has 2 aromatic heterocycles. The minimum absolute atomic E-state index is 0.302. The van der Waals surface area contributed by atoms with Gasteiger partial charge in [-0.05, 0) is 48.5 Å². The molecule has 2 aromatic carbocycles. The molecule has 5 nitrogen and oxygen atoms in total. The second-order valence-electron chi connectivity index (χ2n) is 5.82. The van der Waals surface area contributed by atoms with Gasteiger partial charge in [-0.15, -0.1) is 0 Å². The van der Waals surface area contributed by atoms with E-state index in [-0.39, 0.29) is 11.1 Å². The van der Waals surface area contributed by atoms with Crippen molar-refractivity contribution in [2.24, 2.45) is 0 Å². The van der Waals surface area contributed by atoms with Crippen LogP contribution in [0.1, 0.15) is 15.9 Å². The number of halogens is 2. The molecule has 4 rings (SSSR count). The average Bonchev–Trinajstić information content (AvgIpc) is 2.60. The molecule has 128 valence electrons. The van der Waals surface area contributed by atoms with Crippen molar-refractivity contribution in [1.29, 1.82) is 0 Å². The maximum absolute atomic E-state index is 13.4. The van der Waals surface area contributed by atoms with E-state index in [1.54, 1.807) is 0 Å². The van der Waals surface area contributed by atoms with Gasteiger partial charge in [0, 0.05) is 21.8 Å². The normalized spacial score (nSPS) is 11.2. The van der Waals surface area contributed by atoms with E-state index in [0.717, 1.165) is 0 Å². The molecule has 0 aliphatic heterocycles. The van der Waals surface area contributed by atoms with Gasteiger partial charge in [0.05, 0.1) is 11.1 Å². The molecule has 2 heterocycles. The number of aromatic amines is 2. The zero-order valence-electron chi connectivity index (χ0n) is 13.1. The summed E-state index contributed by atoms with van der Waals surface area (Å²) in [6.45, 7) is 0. The third-order valence-electron chi connectivity index (χ3n) is 4.10. The number of rotatable bonds is 2. The van der Waals surface area contributed by atoms with Crippen LogP contribution in [0.25, 0.3) is 21.8 Å². The molecule has 0 spiro atoms. The third-order valence-corrected chi connectivity index (χ3v) is 4.10. The molecule has 0 unspecified atom stereocenters. The van der Waals surface area contributed by atoms with Gasteiger partial charge in [-0.25, -0.2) is 8.78 Å². The molecule has 7 heteroatoms. The quantitative estimate of drug-likeness (QED) is 0.544. The van der Waals surface area contributed by atoms with E-state index in [0.29, 0.717) is 21.8 Å². The number of nitrogens with one attached hydrogen (secondary N) is 2. The molecule has 0 aliphatic carbocycles. The van der Waals surface area contributed by atoms with Crippen molar-refractivity contribution in [3.05, 3.63) is 92.0 Å². The molecule has 0 aliphatic rings. The van der Waals surface area contributed by atoms with Crippen LogP contribution in [0.15, 0.2) is 58.1 Å². The summed E-state index contributed by atoms with van der Waals surface area (Å²) in [5.74, 6) is -1.88. The smallest absolute Gasteiger partial charge is 0.259 e. The highest BCUT2D eigenvalue weighted by molar-refractivity contribution is 6.11. The number of hydrogen-bond acceptors (Lipinski definition) is 3. The maximum atomic E-state index is 13.4. The van der Waals surface area contributed by atoms with E-state index < -0.39 is 28.5 Å². The lowest BCUT2D eigenvalue weighted by atomic mass is 10.0. The first-order chi connectivity index (χ1) is 12.4. The van der Waals surface area contributed by atoms with Crippen molar-refractivity contribution in [3.8, 4) is 0 Å². The molecule has 4 aromatic rings. The van der Waals surface area contributed by atoms with Crippen molar-refractivity contribution in [2.45, 2.75) is 0 Å². The SMILES string of the molecule is O=C(c1cc2cc(F)ccc2[nH]c1=O)c1cc2cc(F)ccc2[nH]c1=O. The Kier molecular flexibility index (Phi) is 3.50. The maximum Gasteiger partial charge on any atom is 0.259 e. The molecule has 2 N–H and O–H groups in total. The molecular formula is C19H10F2N2O3. The number of ketones is 1. The zero-order valence-corrected chi connectivity index (χ0v) is 13.1. The van der Waals surface area contributed by atoms with Crippen LogP contribution < -0.4 is 11.1 Å². The predicted octanol–water partition coefficient (Wildman–Crippen LogP) is 2.88. The van der Waals surface area contributed by atoms with Crippen molar-refractivity contribution >= 4 is 27.6 Å². The summed E-state index contributed by atoms with van der Waals surface area (Å²) in [6.07, 6.45) is 0. The van der Waals surface area contributed by atoms with Gasteiger partial charge in [0.25, 0.3) is 11.1 Å². The molecule has 0 saturated carbocycles. The zero-order chi connectivity index (χ0) is 18.4. The number of carbonyl (C=O) groups is 1. The van der Waals surface area contributed by atoms with E-state index >= 15 is 0 Å². The minimum Gasteiger partial charge on any atom is -0.321 e. The van der Waals surface area contributed by atoms with Gasteiger partial charge in [-0.3, -0.25) is 14.4 Å². The lowest BCUT2D eigenvalue weighted by Gasteiger charge is -2.05. The van der Waals surface area contributed by atoms with Crippen LogP contribution in [0.2, 0.25) is 0 Å². The number of fused-ring (bicyclic) bond motifs is 2. The molecule has 0 atom stereocenters. The van der Waals surface area contributed by atoms with Crippen LogP contribution >= 0.6 is 0 Å². The molecule has 0 radical (unpaired) electrons. The van der Waals surface area contributed by atoms with Gasteiger partial charge >= 0.3 is 0 Å². The van der Waals surface area contributed by atoms with Crippen molar-refractivity contribution in [3.63, 3.8) is 0 Å². The Hall–Kier alpha value is -3.61. The fourth-order valence-corrected chi connectivity index (χ4v) is 2.84. The first-order valence-electron chi connectivity index (χ1n) is 7.62. The summed E-state index contributed by atoms with van der Waals surface area (Å²) in [5, 5.41) is 0.632. The van der Waals surface area contributed by atoms with Gasteiger partial charge in [0.1, 0.15) is 11.6 Å². The van der Waals surface area contributed by atoms with Gasteiger partial charge in [-0.2, -0.15) is 0 Å².